The van der Waals surface area contributed by atoms with E-state index in [0.29, 0.717) is 12.2 Å². The molecule has 0 atom stereocenters. The van der Waals surface area contributed by atoms with E-state index < -0.39 is 11.9 Å². The summed E-state index contributed by atoms with van der Waals surface area (Å²) < 4.78 is 0. The van der Waals surface area contributed by atoms with E-state index in [9.17, 15) is 19.8 Å². The van der Waals surface area contributed by atoms with Crippen molar-refractivity contribution in [1.82, 2.24) is 10.3 Å². The summed E-state index contributed by atoms with van der Waals surface area (Å²) in [5.41, 5.74) is 1.08. The number of fused-ring (bicyclic) bond motifs is 1. The summed E-state index contributed by atoms with van der Waals surface area (Å²) in [5, 5.41) is 23.4. The Bertz CT molecular complexity index is 723. The summed E-state index contributed by atoms with van der Waals surface area (Å²) in [4.78, 5) is 25.9. The van der Waals surface area contributed by atoms with E-state index in [4.69, 9.17) is 4.98 Å². The van der Waals surface area contributed by atoms with Gasteiger partial charge in [-0.3, -0.25) is 0 Å². The van der Waals surface area contributed by atoms with Gasteiger partial charge in [-0.2, -0.15) is 0 Å². The lowest BCUT2D eigenvalue weighted by Crippen LogP contribution is -2.43. The molecule has 7 nitrogen and oxygen atoms in total. The molecule has 0 bridgehead atoms. The van der Waals surface area contributed by atoms with Crippen LogP contribution in [0.3, 0.4) is 0 Å². The highest BCUT2D eigenvalue weighted by Crippen LogP contribution is 2.17. The standard InChI is InChI=1S/C13H15N3.C4H4O4/c1-2-4-12-11(3-1)5-6-13(15-12)16-9-7-14-8-10-16;5-3(6)1-2-4(7)8/h1-6,14H,7-10H2;1-2H,(H,5,6)(H,7,8)/p-2/b;2-1-. The third-order valence-electron chi connectivity index (χ3n) is 3.38. The van der Waals surface area contributed by atoms with Gasteiger partial charge in [-0.1, -0.05) is 18.2 Å². The number of para-hydroxylation sites is 1. The summed E-state index contributed by atoms with van der Waals surface area (Å²) in [6.07, 6.45) is 0.769. The minimum absolute atomic E-state index is 0.384. The van der Waals surface area contributed by atoms with E-state index in [1.807, 2.05) is 6.07 Å². The van der Waals surface area contributed by atoms with E-state index in [-0.39, 0.29) is 0 Å². The van der Waals surface area contributed by atoms with Gasteiger partial charge in [-0.25, -0.2) is 4.98 Å². The number of benzene rings is 1. The number of hydrogen-bond donors (Lipinski definition) is 1. The molecule has 7 heteroatoms. The predicted octanol–water partition coefficient (Wildman–Crippen LogP) is -1.31. The summed E-state index contributed by atoms with van der Waals surface area (Å²) in [6.45, 7) is 4.19. The van der Waals surface area contributed by atoms with Crippen LogP contribution in [0.5, 0.6) is 0 Å². The van der Waals surface area contributed by atoms with Gasteiger partial charge in [0.15, 0.2) is 0 Å². The number of hydrogen-bond acceptors (Lipinski definition) is 7. The maximum Gasteiger partial charge on any atom is 0.129 e. The van der Waals surface area contributed by atoms with Gasteiger partial charge in [-0.15, -0.1) is 0 Å². The molecule has 0 aliphatic carbocycles. The Morgan fingerprint density at radius 3 is 2.25 bits per heavy atom. The maximum atomic E-state index is 9.41. The van der Waals surface area contributed by atoms with Crippen molar-refractivity contribution < 1.29 is 19.8 Å². The number of carbonyl (C=O) groups is 2. The highest BCUT2D eigenvalue weighted by molar-refractivity contribution is 5.87. The zero-order chi connectivity index (χ0) is 17.4. The number of piperazine rings is 1. The van der Waals surface area contributed by atoms with Gasteiger partial charge in [-0.05, 0) is 30.4 Å². The molecule has 0 spiro atoms. The zero-order valence-electron chi connectivity index (χ0n) is 13.0. The molecule has 1 aliphatic heterocycles. The van der Waals surface area contributed by atoms with Crippen LogP contribution in [0.2, 0.25) is 0 Å². The molecule has 2 heterocycles. The fourth-order valence-corrected chi connectivity index (χ4v) is 2.26. The van der Waals surface area contributed by atoms with Gasteiger partial charge in [0.25, 0.3) is 0 Å². The molecule has 1 aromatic carbocycles. The van der Waals surface area contributed by atoms with Crippen LogP contribution in [-0.4, -0.2) is 43.1 Å². The van der Waals surface area contributed by atoms with E-state index >= 15 is 0 Å². The average molecular weight is 327 g/mol. The number of anilines is 1. The van der Waals surface area contributed by atoms with Crippen LogP contribution in [0.15, 0.2) is 48.6 Å². The Morgan fingerprint density at radius 2 is 1.62 bits per heavy atom. The highest BCUT2D eigenvalue weighted by atomic mass is 16.4. The Morgan fingerprint density at radius 1 is 1.00 bits per heavy atom. The summed E-state index contributed by atoms with van der Waals surface area (Å²) in [7, 11) is 0. The molecule has 0 unspecified atom stereocenters. The van der Waals surface area contributed by atoms with Crippen molar-refractivity contribution in [3.05, 3.63) is 48.6 Å². The summed E-state index contributed by atoms with van der Waals surface area (Å²) in [6, 6.07) is 12.5. The number of aliphatic carboxylic acids is 2. The van der Waals surface area contributed by atoms with Gasteiger partial charge < -0.3 is 30.0 Å². The van der Waals surface area contributed by atoms with Crippen LogP contribution in [0.1, 0.15) is 0 Å². The molecule has 3 rings (SSSR count). The third kappa shape index (κ3) is 5.36. The third-order valence-corrected chi connectivity index (χ3v) is 3.38. The number of carboxylic acids is 2. The first-order valence-electron chi connectivity index (χ1n) is 7.48. The molecular weight excluding hydrogens is 310 g/mol. The van der Waals surface area contributed by atoms with Gasteiger partial charge in [0.2, 0.25) is 0 Å². The molecule has 24 heavy (non-hydrogen) atoms. The molecule has 0 radical (unpaired) electrons. The Labute approximate surface area is 139 Å². The largest absolute Gasteiger partial charge is 0.545 e. The van der Waals surface area contributed by atoms with Gasteiger partial charge in [0, 0.05) is 31.6 Å². The molecule has 126 valence electrons. The lowest BCUT2D eigenvalue weighted by molar-refractivity contribution is -0.301. The van der Waals surface area contributed by atoms with Crippen LogP contribution in [0.4, 0.5) is 5.82 Å². The van der Waals surface area contributed by atoms with Crippen molar-refractivity contribution in [3.63, 3.8) is 0 Å². The Hall–Kier alpha value is -2.93. The van der Waals surface area contributed by atoms with E-state index in [2.05, 4.69) is 40.5 Å². The fraction of sp³-hybridized carbons (Fsp3) is 0.235. The second kappa shape index (κ2) is 8.64. The normalized spacial score (nSPS) is 14.2. The number of pyridine rings is 1. The van der Waals surface area contributed by atoms with Crippen molar-refractivity contribution in [1.29, 1.82) is 0 Å². The van der Waals surface area contributed by atoms with Crippen molar-refractivity contribution in [3.8, 4) is 0 Å². The number of rotatable bonds is 3. The minimum Gasteiger partial charge on any atom is -0.545 e. The number of nitrogens with zero attached hydrogens (tertiary/aromatic N) is 2. The maximum absolute atomic E-state index is 9.41. The molecule has 0 amide bonds. The zero-order valence-corrected chi connectivity index (χ0v) is 13.0. The van der Waals surface area contributed by atoms with Crippen LogP contribution in [0.25, 0.3) is 10.9 Å². The van der Waals surface area contributed by atoms with Gasteiger partial charge in [0.1, 0.15) is 5.82 Å². The van der Waals surface area contributed by atoms with Crippen LogP contribution < -0.4 is 20.4 Å². The average Bonchev–Trinajstić information content (AvgIpc) is 2.61. The number of aromatic nitrogens is 1. The van der Waals surface area contributed by atoms with Crippen LogP contribution in [-0.2, 0) is 9.59 Å². The lowest BCUT2D eigenvalue weighted by Gasteiger charge is -2.28. The summed E-state index contributed by atoms with van der Waals surface area (Å²) in [5.74, 6) is -2.00. The molecule has 1 aromatic heterocycles. The van der Waals surface area contributed by atoms with E-state index in [0.717, 1.165) is 37.5 Å². The van der Waals surface area contributed by atoms with Crippen molar-refractivity contribution in [2.75, 3.05) is 31.1 Å². The van der Waals surface area contributed by atoms with Crippen molar-refractivity contribution >= 4 is 28.7 Å². The topological polar surface area (TPSA) is 108 Å². The minimum atomic E-state index is -1.55. The number of nitrogens with one attached hydrogen (secondary N) is 1. The SMILES string of the molecule is O=C([O-])/C=C\C(=O)[O-].c1ccc2nc(N3CCNCC3)ccc2c1. The van der Waals surface area contributed by atoms with Crippen LogP contribution >= 0.6 is 0 Å². The molecule has 2 aromatic rings. The fourth-order valence-electron chi connectivity index (χ4n) is 2.26. The highest BCUT2D eigenvalue weighted by Gasteiger charge is 2.11. The second-order valence-corrected chi connectivity index (χ2v) is 5.07. The Kier molecular flexibility index (Phi) is 6.27. The quantitative estimate of drug-likeness (QED) is 0.697. The summed E-state index contributed by atoms with van der Waals surface area (Å²) >= 11 is 0. The molecule has 1 saturated heterocycles. The van der Waals surface area contributed by atoms with E-state index in [1.165, 1.54) is 5.39 Å². The van der Waals surface area contributed by atoms with Crippen molar-refractivity contribution in [2.24, 2.45) is 0 Å². The van der Waals surface area contributed by atoms with E-state index in [1.54, 1.807) is 0 Å². The smallest absolute Gasteiger partial charge is 0.129 e. The Balaban J connectivity index is 0.000000224. The molecule has 0 saturated carbocycles. The first-order chi connectivity index (χ1) is 11.6. The molecule has 1 N–H and O–H groups in total. The van der Waals surface area contributed by atoms with Crippen molar-refractivity contribution in [2.45, 2.75) is 0 Å². The van der Waals surface area contributed by atoms with Gasteiger partial charge >= 0.3 is 0 Å². The number of carboxylic acid groups (broad SMARTS) is 2. The van der Waals surface area contributed by atoms with Crippen LogP contribution in [0, 0.1) is 0 Å². The first kappa shape index (κ1) is 17.4. The first-order valence-corrected chi connectivity index (χ1v) is 7.48. The molecule has 1 fully saturated rings. The lowest BCUT2D eigenvalue weighted by atomic mass is 10.2. The predicted molar refractivity (Wildman–Crippen MR) is 86.0 cm³/mol. The second-order valence-electron chi connectivity index (χ2n) is 5.07. The monoisotopic (exact) mass is 327 g/mol. The van der Waals surface area contributed by atoms with Gasteiger partial charge in [0.05, 0.1) is 17.5 Å². The number of carbonyl (C=O) groups excluding carboxylic acids is 2. The molecular formula is C17H17N3O4-2. The molecule has 1 aliphatic rings.